The fourth-order valence-electron chi connectivity index (χ4n) is 4.27. The van der Waals surface area contributed by atoms with Crippen LogP contribution >= 0.6 is 27.7 Å². The smallest absolute Gasteiger partial charge is 0.271 e. The molecule has 7 heteroatoms. The Morgan fingerprint density at radius 1 is 0.900 bits per heavy atom. The molecule has 0 aliphatic carbocycles. The molecule has 1 fully saturated rings. The van der Waals surface area contributed by atoms with E-state index in [1.165, 1.54) is 35.0 Å². The first-order valence-electron chi connectivity index (χ1n) is 13.1. The van der Waals surface area contributed by atoms with Gasteiger partial charge >= 0.3 is 0 Å². The van der Waals surface area contributed by atoms with Gasteiger partial charge in [-0.25, -0.2) is 9.38 Å². The third-order valence-electron chi connectivity index (χ3n) is 6.52. The summed E-state index contributed by atoms with van der Waals surface area (Å²) < 4.78 is 20.6. The predicted molar refractivity (Wildman–Crippen MR) is 167 cm³/mol. The molecule has 202 valence electrons. The van der Waals surface area contributed by atoms with Gasteiger partial charge in [0.2, 0.25) is 0 Å². The Hall–Kier alpha value is -3.68. The summed E-state index contributed by atoms with van der Waals surface area (Å²) >= 11 is 4.87. The van der Waals surface area contributed by atoms with Gasteiger partial charge in [0.15, 0.2) is 5.17 Å². The minimum Gasteiger partial charge on any atom is -0.488 e. The van der Waals surface area contributed by atoms with Crippen molar-refractivity contribution in [3.8, 4) is 5.75 Å². The van der Waals surface area contributed by atoms with Crippen molar-refractivity contribution in [3.05, 3.63) is 128 Å². The molecule has 0 saturated carbocycles. The number of rotatable bonds is 8. The van der Waals surface area contributed by atoms with E-state index in [2.05, 4.69) is 41.9 Å². The molecule has 0 aromatic heterocycles. The van der Waals surface area contributed by atoms with Crippen molar-refractivity contribution in [1.82, 2.24) is 0 Å². The fraction of sp³-hybridized carbons (Fsp3) is 0.152. The van der Waals surface area contributed by atoms with Crippen molar-refractivity contribution >= 4 is 56.2 Å². The molecule has 0 N–H and O–H groups in total. The van der Waals surface area contributed by atoms with Gasteiger partial charge in [-0.1, -0.05) is 66.2 Å². The monoisotopic (exact) mass is 614 g/mol. The number of hydrogen-bond acceptors (Lipinski definition) is 4. The Morgan fingerprint density at radius 2 is 1.60 bits per heavy atom. The van der Waals surface area contributed by atoms with Crippen molar-refractivity contribution in [2.75, 3.05) is 4.90 Å². The lowest BCUT2D eigenvalue weighted by atomic mass is 10.1. The Kier molecular flexibility index (Phi) is 8.82. The van der Waals surface area contributed by atoms with E-state index in [1.807, 2.05) is 66.7 Å². The molecule has 1 heterocycles. The predicted octanol–water partition coefficient (Wildman–Crippen LogP) is 9.10. The molecule has 5 rings (SSSR count). The first-order valence-corrected chi connectivity index (χ1v) is 14.7. The first-order chi connectivity index (χ1) is 19.4. The van der Waals surface area contributed by atoms with Crippen LogP contribution in [0.25, 0.3) is 6.08 Å². The minimum atomic E-state index is -0.310. The van der Waals surface area contributed by atoms with Gasteiger partial charge in [0.05, 0.1) is 16.3 Å². The third-order valence-corrected chi connectivity index (χ3v) is 7.98. The Bertz CT molecular complexity index is 1580. The SMILES string of the molecule is CCc1ccc(N=C2S/C(=C\c3cc(Br)ccc3OCc3cccc(F)c3)C(=O)N2c2ccc(CC)cc2)cc1. The van der Waals surface area contributed by atoms with Gasteiger partial charge in [-0.05, 0) is 102 Å². The zero-order chi connectivity index (χ0) is 28.1. The van der Waals surface area contributed by atoms with Crippen molar-refractivity contribution < 1.29 is 13.9 Å². The van der Waals surface area contributed by atoms with E-state index < -0.39 is 0 Å². The highest BCUT2D eigenvalue weighted by atomic mass is 79.9. The number of ether oxygens (including phenoxy) is 1. The van der Waals surface area contributed by atoms with Crippen molar-refractivity contribution in [1.29, 1.82) is 0 Å². The second kappa shape index (κ2) is 12.7. The van der Waals surface area contributed by atoms with Crippen molar-refractivity contribution in [2.45, 2.75) is 33.3 Å². The summed E-state index contributed by atoms with van der Waals surface area (Å²) in [4.78, 5) is 20.9. The Balaban J connectivity index is 1.50. The van der Waals surface area contributed by atoms with E-state index >= 15 is 0 Å². The molecule has 0 bridgehead atoms. The van der Waals surface area contributed by atoms with Crippen LogP contribution in [-0.4, -0.2) is 11.1 Å². The number of aliphatic imine (C=N–C) groups is 1. The molecule has 0 spiro atoms. The average Bonchev–Trinajstić information content (AvgIpc) is 3.27. The van der Waals surface area contributed by atoms with Crippen LogP contribution in [-0.2, 0) is 24.2 Å². The van der Waals surface area contributed by atoms with E-state index in [-0.39, 0.29) is 18.3 Å². The first kappa shape index (κ1) is 27.9. The zero-order valence-corrected chi connectivity index (χ0v) is 24.6. The molecule has 1 saturated heterocycles. The van der Waals surface area contributed by atoms with Gasteiger partial charge in [-0.15, -0.1) is 0 Å². The number of amides is 1. The lowest BCUT2D eigenvalue weighted by Gasteiger charge is -2.16. The number of carbonyl (C=O) groups is 1. The van der Waals surface area contributed by atoms with Gasteiger partial charge in [0, 0.05) is 10.0 Å². The molecule has 0 radical (unpaired) electrons. The van der Waals surface area contributed by atoms with Crippen LogP contribution in [0.5, 0.6) is 5.75 Å². The Labute approximate surface area is 246 Å². The van der Waals surface area contributed by atoms with E-state index in [1.54, 1.807) is 11.0 Å². The molecule has 0 atom stereocenters. The van der Waals surface area contributed by atoms with Crippen molar-refractivity contribution in [2.24, 2.45) is 4.99 Å². The number of carbonyl (C=O) groups excluding carboxylic acids is 1. The normalized spacial score (nSPS) is 15.3. The van der Waals surface area contributed by atoms with E-state index in [0.717, 1.165) is 39.8 Å². The lowest BCUT2D eigenvalue weighted by Crippen LogP contribution is -2.28. The standard InChI is InChI=1S/C33H28BrFN2O2S/c1-3-22-8-13-28(14-9-22)36-33-37(29-15-10-23(4-2)11-16-29)32(38)31(40-33)20-25-19-26(34)12-17-30(25)39-21-24-6-5-7-27(35)18-24/h5-20H,3-4,21H2,1-2H3/b31-20-,36-33?. The van der Waals surface area contributed by atoms with E-state index in [9.17, 15) is 9.18 Å². The average molecular weight is 616 g/mol. The summed E-state index contributed by atoms with van der Waals surface area (Å²) in [6.45, 7) is 4.42. The van der Waals surface area contributed by atoms with Crippen LogP contribution in [0, 0.1) is 5.82 Å². The minimum absolute atomic E-state index is 0.158. The van der Waals surface area contributed by atoms with Crippen LogP contribution in [0.15, 0.2) is 105 Å². The number of thioether (sulfide) groups is 1. The number of anilines is 1. The van der Waals surface area contributed by atoms with Gasteiger partial charge < -0.3 is 4.74 Å². The summed E-state index contributed by atoms with van der Waals surface area (Å²) in [6, 6.07) is 28.0. The van der Waals surface area contributed by atoms with Crippen LogP contribution < -0.4 is 9.64 Å². The topological polar surface area (TPSA) is 41.9 Å². The zero-order valence-electron chi connectivity index (χ0n) is 22.2. The highest BCUT2D eigenvalue weighted by Gasteiger charge is 2.35. The second-order valence-corrected chi connectivity index (χ2v) is 11.2. The molecule has 4 nitrogen and oxygen atoms in total. The summed E-state index contributed by atoms with van der Waals surface area (Å²) in [5.74, 6) is 0.123. The summed E-state index contributed by atoms with van der Waals surface area (Å²) in [6.07, 6.45) is 3.69. The molecule has 4 aromatic carbocycles. The number of halogens is 2. The molecule has 40 heavy (non-hydrogen) atoms. The number of aryl methyl sites for hydroxylation is 2. The van der Waals surface area contributed by atoms with E-state index in [0.29, 0.717) is 15.8 Å². The molecular weight excluding hydrogens is 587 g/mol. The molecule has 4 aromatic rings. The van der Waals surface area contributed by atoms with Crippen LogP contribution in [0.1, 0.15) is 36.1 Å². The van der Waals surface area contributed by atoms with Crippen LogP contribution in [0.3, 0.4) is 0 Å². The maximum atomic E-state index is 13.8. The highest BCUT2D eigenvalue weighted by Crippen LogP contribution is 2.39. The van der Waals surface area contributed by atoms with Gasteiger partial charge in [0.25, 0.3) is 5.91 Å². The number of amidine groups is 1. The van der Waals surface area contributed by atoms with Crippen molar-refractivity contribution in [3.63, 3.8) is 0 Å². The number of hydrogen-bond donors (Lipinski definition) is 0. The number of benzene rings is 4. The van der Waals surface area contributed by atoms with Gasteiger partial charge in [0.1, 0.15) is 18.2 Å². The molecule has 0 unspecified atom stereocenters. The fourth-order valence-corrected chi connectivity index (χ4v) is 5.64. The quantitative estimate of drug-likeness (QED) is 0.186. The molecular formula is C33H28BrFN2O2S. The summed E-state index contributed by atoms with van der Waals surface area (Å²) in [5.41, 5.74) is 5.42. The number of nitrogens with zero attached hydrogens (tertiary/aromatic N) is 2. The highest BCUT2D eigenvalue weighted by molar-refractivity contribution is 9.10. The van der Waals surface area contributed by atoms with Gasteiger partial charge in [-0.3, -0.25) is 9.69 Å². The summed E-state index contributed by atoms with van der Waals surface area (Å²) in [5, 5.41) is 0.585. The Morgan fingerprint density at radius 3 is 2.27 bits per heavy atom. The molecule has 1 aliphatic heterocycles. The molecule has 1 aliphatic rings. The lowest BCUT2D eigenvalue weighted by molar-refractivity contribution is -0.113. The van der Waals surface area contributed by atoms with Crippen LogP contribution in [0.2, 0.25) is 0 Å². The molecule has 1 amide bonds. The van der Waals surface area contributed by atoms with Crippen LogP contribution in [0.4, 0.5) is 15.8 Å². The maximum absolute atomic E-state index is 13.8. The van der Waals surface area contributed by atoms with E-state index in [4.69, 9.17) is 9.73 Å². The maximum Gasteiger partial charge on any atom is 0.271 e. The largest absolute Gasteiger partial charge is 0.488 e. The second-order valence-electron chi connectivity index (χ2n) is 9.29. The van der Waals surface area contributed by atoms with Gasteiger partial charge in [-0.2, -0.15) is 0 Å². The third kappa shape index (κ3) is 6.54. The summed E-state index contributed by atoms with van der Waals surface area (Å²) in [7, 11) is 0.